The molecule has 0 bridgehead atoms. The summed E-state index contributed by atoms with van der Waals surface area (Å²) < 4.78 is 23.7. The van der Waals surface area contributed by atoms with E-state index in [1.807, 2.05) is 0 Å². The van der Waals surface area contributed by atoms with Crippen LogP contribution in [0.2, 0.25) is 0 Å². The molecule has 4 nitrogen and oxygen atoms in total. The Balaban J connectivity index is 2.38. The van der Waals surface area contributed by atoms with E-state index in [1.54, 1.807) is 25.1 Å². The van der Waals surface area contributed by atoms with Crippen LogP contribution in [0.25, 0.3) is 11.3 Å². The van der Waals surface area contributed by atoms with Gasteiger partial charge in [0.25, 0.3) is 0 Å². The Hall–Kier alpha value is -1.88. The zero-order chi connectivity index (χ0) is 12.4. The van der Waals surface area contributed by atoms with Gasteiger partial charge in [0.15, 0.2) is 5.76 Å². The third kappa shape index (κ3) is 2.29. The normalized spacial score (nSPS) is 12.5. The van der Waals surface area contributed by atoms with Crippen molar-refractivity contribution in [2.24, 2.45) is 5.73 Å². The third-order valence-corrected chi connectivity index (χ3v) is 2.43. The molecule has 0 radical (unpaired) electrons. The van der Waals surface area contributed by atoms with Gasteiger partial charge in [0, 0.05) is 17.7 Å². The predicted molar refractivity (Wildman–Crippen MR) is 61.1 cm³/mol. The van der Waals surface area contributed by atoms with E-state index in [1.165, 1.54) is 13.2 Å². The maximum atomic E-state index is 13.7. The van der Waals surface area contributed by atoms with Crippen molar-refractivity contribution in [3.8, 4) is 17.0 Å². The summed E-state index contributed by atoms with van der Waals surface area (Å²) in [7, 11) is 1.48. The molecule has 0 unspecified atom stereocenters. The molecular formula is C12H13FN2O2. The summed E-state index contributed by atoms with van der Waals surface area (Å²) in [6, 6.07) is 5.93. The molecule has 1 heterocycles. The second-order valence-electron chi connectivity index (χ2n) is 3.75. The van der Waals surface area contributed by atoms with Crippen molar-refractivity contribution < 1.29 is 13.7 Å². The summed E-state index contributed by atoms with van der Waals surface area (Å²) in [6.45, 7) is 1.77. The molecule has 2 N–H and O–H groups in total. The topological polar surface area (TPSA) is 61.3 Å². The van der Waals surface area contributed by atoms with Gasteiger partial charge in [0.1, 0.15) is 17.3 Å². The molecule has 90 valence electrons. The molecule has 0 spiro atoms. The number of nitrogens with two attached hydrogens (primary N) is 1. The van der Waals surface area contributed by atoms with E-state index in [0.29, 0.717) is 22.8 Å². The van der Waals surface area contributed by atoms with Crippen LogP contribution in [0.3, 0.4) is 0 Å². The van der Waals surface area contributed by atoms with E-state index in [9.17, 15) is 4.39 Å². The Bertz CT molecular complexity index is 523. The minimum Gasteiger partial charge on any atom is -0.497 e. The molecule has 0 fully saturated rings. The highest BCUT2D eigenvalue weighted by molar-refractivity contribution is 5.61. The van der Waals surface area contributed by atoms with Crippen molar-refractivity contribution in [1.29, 1.82) is 0 Å². The van der Waals surface area contributed by atoms with Crippen molar-refractivity contribution in [2.75, 3.05) is 7.11 Å². The lowest BCUT2D eigenvalue weighted by atomic mass is 10.1. The largest absolute Gasteiger partial charge is 0.497 e. The van der Waals surface area contributed by atoms with Crippen LogP contribution in [-0.4, -0.2) is 12.3 Å². The van der Waals surface area contributed by atoms with Gasteiger partial charge in [-0.1, -0.05) is 5.16 Å². The van der Waals surface area contributed by atoms with Gasteiger partial charge in [0.2, 0.25) is 0 Å². The van der Waals surface area contributed by atoms with Crippen LogP contribution in [0.1, 0.15) is 18.7 Å². The minimum absolute atomic E-state index is 0.266. The van der Waals surface area contributed by atoms with Crippen LogP contribution < -0.4 is 10.5 Å². The SMILES string of the molecule is COc1ccc(-c2cc([C@H](C)N)on2)c(F)c1. The maximum absolute atomic E-state index is 13.7. The molecule has 2 aromatic rings. The lowest BCUT2D eigenvalue weighted by Crippen LogP contribution is -2.02. The number of hydrogen-bond acceptors (Lipinski definition) is 4. The van der Waals surface area contributed by atoms with E-state index in [0.717, 1.165) is 0 Å². The summed E-state index contributed by atoms with van der Waals surface area (Å²) in [5.41, 5.74) is 6.43. The first-order valence-corrected chi connectivity index (χ1v) is 5.18. The molecular weight excluding hydrogens is 223 g/mol. The quantitative estimate of drug-likeness (QED) is 0.889. The second-order valence-corrected chi connectivity index (χ2v) is 3.75. The Morgan fingerprint density at radius 3 is 2.71 bits per heavy atom. The molecule has 1 atom stereocenters. The van der Waals surface area contributed by atoms with Crippen LogP contribution >= 0.6 is 0 Å². The Morgan fingerprint density at radius 2 is 2.18 bits per heavy atom. The number of ether oxygens (including phenoxy) is 1. The smallest absolute Gasteiger partial charge is 0.153 e. The van der Waals surface area contributed by atoms with Crippen LogP contribution in [0, 0.1) is 5.82 Å². The summed E-state index contributed by atoms with van der Waals surface area (Å²) in [6.07, 6.45) is 0. The molecule has 0 saturated heterocycles. The van der Waals surface area contributed by atoms with Crippen molar-refractivity contribution in [3.05, 3.63) is 35.8 Å². The predicted octanol–water partition coefficient (Wildman–Crippen LogP) is 2.51. The van der Waals surface area contributed by atoms with Crippen LogP contribution in [-0.2, 0) is 0 Å². The Labute approximate surface area is 98.2 Å². The summed E-state index contributed by atoms with van der Waals surface area (Å²) in [4.78, 5) is 0. The number of benzene rings is 1. The lowest BCUT2D eigenvalue weighted by Gasteiger charge is -2.02. The Morgan fingerprint density at radius 1 is 1.41 bits per heavy atom. The fraction of sp³-hybridized carbons (Fsp3) is 0.250. The number of nitrogens with zero attached hydrogens (tertiary/aromatic N) is 1. The number of halogens is 1. The Kier molecular flexibility index (Phi) is 3.10. The third-order valence-electron chi connectivity index (χ3n) is 2.43. The molecule has 0 amide bonds. The summed E-state index contributed by atoms with van der Waals surface area (Å²) >= 11 is 0. The van der Waals surface area contributed by atoms with E-state index in [2.05, 4.69) is 5.16 Å². The molecule has 2 rings (SSSR count). The van der Waals surface area contributed by atoms with E-state index < -0.39 is 5.82 Å². The molecule has 17 heavy (non-hydrogen) atoms. The zero-order valence-electron chi connectivity index (χ0n) is 9.61. The van der Waals surface area contributed by atoms with Gasteiger partial charge in [-0.2, -0.15) is 0 Å². The van der Waals surface area contributed by atoms with E-state index in [-0.39, 0.29) is 6.04 Å². The molecule has 0 aliphatic carbocycles. The van der Waals surface area contributed by atoms with Gasteiger partial charge in [-0.3, -0.25) is 0 Å². The van der Waals surface area contributed by atoms with Crippen LogP contribution in [0.4, 0.5) is 4.39 Å². The standard InChI is InChI=1S/C12H13FN2O2/c1-7(14)12-6-11(15-17-12)9-4-3-8(16-2)5-10(9)13/h3-7H,14H2,1-2H3/t7-/m0/s1. The number of rotatable bonds is 3. The van der Waals surface area contributed by atoms with Gasteiger partial charge < -0.3 is 15.0 Å². The fourth-order valence-electron chi connectivity index (χ4n) is 1.46. The monoisotopic (exact) mass is 236 g/mol. The number of aromatic nitrogens is 1. The highest BCUT2D eigenvalue weighted by atomic mass is 19.1. The van der Waals surface area contributed by atoms with Gasteiger partial charge in [-0.05, 0) is 19.1 Å². The van der Waals surface area contributed by atoms with Crippen LogP contribution in [0.15, 0.2) is 28.8 Å². The summed E-state index contributed by atoms with van der Waals surface area (Å²) in [5, 5.41) is 3.79. The molecule has 1 aromatic carbocycles. The van der Waals surface area contributed by atoms with Crippen molar-refractivity contribution in [2.45, 2.75) is 13.0 Å². The summed E-state index contributed by atoms with van der Waals surface area (Å²) in [5.74, 6) is 0.575. The fourth-order valence-corrected chi connectivity index (χ4v) is 1.46. The van der Waals surface area contributed by atoms with Crippen molar-refractivity contribution in [3.63, 3.8) is 0 Å². The van der Waals surface area contributed by atoms with Gasteiger partial charge in [-0.25, -0.2) is 4.39 Å². The highest BCUT2D eigenvalue weighted by Crippen LogP contribution is 2.26. The number of methoxy groups -OCH3 is 1. The van der Waals surface area contributed by atoms with Gasteiger partial charge in [0.05, 0.1) is 13.2 Å². The zero-order valence-corrected chi connectivity index (χ0v) is 9.61. The van der Waals surface area contributed by atoms with E-state index in [4.69, 9.17) is 15.0 Å². The maximum Gasteiger partial charge on any atom is 0.153 e. The molecule has 0 aliphatic rings. The molecule has 5 heteroatoms. The van der Waals surface area contributed by atoms with Crippen LogP contribution in [0.5, 0.6) is 5.75 Å². The minimum atomic E-state index is -0.408. The molecule has 0 aliphatic heterocycles. The van der Waals surface area contributed by atoms with Gasteiger partial charge in [-0.15, -0.1) is 0 Å². The first kappa shape index (κ1) is 11.6. The second kappa shape index (κ2) is 4.55. The van der Waals surface area contributed by atoms with Crippen molar-refractivity contribution in [1.82, 2.24) is 5.16 Å². The lowest BCUT2D eigenvalue weighted by molar-refractivity contribution is 0.369. The first-order chi connectivity index (χ1) is 8.11. The van der Waals surface area contributed by atoms with Crippen molar-refractivity contribution >= 4 is 0 Å². The number of hydrogen-bond donors (Lipinski definition) is 1. The molecule has 0 saturated carbocycles. The van der Waals surface area contributed by atoms with E-state index >= 15 is 0 Å². The highest BCUT2D eigenvalue weighted by Gasteiger charge is 2.13. The first-order valence-electron chi connectivity index (χ1n) is 5.18. The van der Waals surface area contributed by atoms with Gasteiger partial charge >= 0.3 is 0 Å². The average Bonchev–Trinajstić information content (AvgIpc) is 2.78. The average molecular weight is 236 g/mol. The molecule has 1 aromatic heterocycles.